The molecule has 0 heterocycles. The molecule has 0 fully saturated rings. The summed E-state index contributed by atoms with van der Waals surface area (Å²) in [5, 5.41) is 5.12. The van der Waals surface area contributed by atoms with E-state index in [9.17, 15) is 14.0 Å². The van der Waals surface area contributed by atoms with Crippen molar-refractivity contribution < 1.29 is 18.7 Å². The minimum Gasteiger partial charge on any atom is -0.462 e. The molecule has 24 heavy (non-hydrogen) atoms. The average molecular weight is 395 g/mol. The van der Waals surface area contributed by atoms with Crippen molar-refractivity contribution in [2.75, 3.05) is 11.9 Å². The Bertz CT molecular complexity index is 752. The topological polar surface area (TPSA) is 67.4 Å². The SMILES string of the molecule is CCOC(=O)c1ccccc1NC(=O)NCc1cc(Br)ccc1F. The van der Waals surface area contributed by atoms with E-state index < -0.39 is 17.8 Å². The van der Waals surface area contributed by atoms with Crippen LogP contribution in [-0.4, -0.2) is 18.6 Å². The third-order valence-corrected chi connectivity index (χ3v) is 3.61. The first-order chi connectivity index (χ1) is 11.5. The van der Waals surface area contributed by atoms with Crippen LogP contribution in [0.4, 0.5) is 14.9 Å². The average Bonchev–Trinajstić information content (AvgIpc) is 2.56. The predicted molar refractivity (Wildman–Crippen MR) is 92.4 cm³/mol. The van der Waals surface area contributed by atoms with Gasteiger partial charge in [0.25, 0.3) is 0 Å². The number of carbonyl (C=O) groups excluding carboxylic acids is 2. The molecule has 0 atom stereocenters. The van der Waals surface area contributed by atoms with E-state index >= 15 is 0 Å². The van der Waals surface area contributed by atoms with Crippen LogP contribution in [0.1, 0.15) is 22.8 Å². The van der Waals surface area contributed by atoms with Gasteiger partial charge in [-0.1, -0.05) is 28.1 Å². The zero-order chi connectivity index (χ0) is 17.5. The molecule has 2 aromatic carbocycles. The van der Waals surface area contributed by atoms with Crippen LogP contribution in [0.15, 0.2) is 46.9 Å². The molecule has 0 aliphatic heterocycles. The minimum absolute atomic E-state index is 0.0126. The fraction of sp³-hybridized carbons (Fsp3) is 0.176. The van der Waals surface area contributed by atoms with Crippen molar-refractivity contribution >= 4 is 33.6 Å². The number of ether oxygens (including phenoxy) is 1. The zero-order valence-electron chi connectivity index (χ0n) is 12.9. The van der Waals surface area contributed by atoms with Crippen LogP contribution in [0.5, 0.6) is 0 Å². The molecule has 0 aliphatic rings. The summed E-state index contributed by atoms with van der Waals surface area (Å²) in [5.41, 5.74) is 0.921. The Morgan fingerprint density at radius 3 is 2.71 bits per heavy atom. The molecule has 0 spiro atoms. The smallest absolute Gasteiger partial charge is 0.340 e. The highest BCUT2D eigenvalue weighted by molar-refractivity contribution is 9.10. The van der Waals surface area contributed by atoms with E-state index in [0.29, 0.717) is 15.7 Å². The van der Waals surface area contributed by atoms with E-state index in [1.807, 2.05) is 0 Å². The third-order valence-electron chi connectivity index (χ3n) is 3.12. The van der Waals surface area contributed by atoms with E-state index in [-0.39, 0.29) is 18.7 Å². The Labute approximate surface area is 147 Å². The second kappa shape index (κ2) is 8.44. The Morgan fingerprint density at radius 1 is 1.21 bits per heavy atom. The van der Waals surface area contributed by atoms with Crippen molar-refractivity contribution in [2.24, 2.45) is 0 Å². The zero-order valence-corrected chi connectivity index (χ0v) is 14.5. The van der Waals surface area contributed by atoms with Crippen LogP contribution in [0.25, 0.3) is 0 Å². The van der Waals surface area contributed by atoms with Gasteiger partial charge in [0.1, 0.15) is 5.82 Å². The van der Waals surface area contributed by atoms with Crippen molar-refractivity contribution in [1.82, 2.24) is 5.32 Å². The molecular formula is C17H16BrFN2O3. The van der Waals surface area contributed by atoms with Gasteiger partial charge in [0, 0.05) is 16.6 Å². The van der Waals surface area contributed by atoms with E-state index in [0.717, 1.165) is 0 Å². The first-order valence-corrected chi connectivity index (χ1v) is 8.05. The molecule has 126 valence electrons. The standard InChI is InChI=1S/C17H16BrFN2O3/c1-2-24-16(22)13-5-3-4-6-15(13)21-17(23)20-10-11-9-12(18)7-8-14(11)19/h3-9H,2,10H2,1H3,(H2,20,21,23). The number of para-hydroxylation sites is 1. The van der Waals surface area contributed by atoms with Crippen LogP contribution >= 0.6 is 15.9 Å². The fourth-order valence-electron chi connectivity index (χ4n) is 2.00. The van der Waals surface area contributed by atoms with Crippen molar-refractivity contribution in [3.8, 4) is 0 Å². The number of rotatable bonds is 5. The van der Waals surface area contributed by atoms with Crippen LogP contribution < -0.4 is 10.6 Å². The van der Waals surface area contributed by atoms with E-state index in [4.69, 9.17) is 4.74 Å². The molecule has 2 aromatic rings. The number of urea groups is 1. The Hall–Kier alpha value is -2.41. The maximum absolute atomic E-state index is 13.6. The number of nitrogens with one attached hydrogen (secondary N) is 2. The van der Waals surface area contributed by atoms with E-state index in [1.165, 1.54) is 6.07 Å². The Morgan fingerprint density at radius 2 is 1.96 bits per heavy atom. The quantitative estimate of drug-likeness (QED) is 0.750. The van der Waals surface area contributed by atoms with Crippen molar-refractivity contribution in [1.29, 1.82) is 0 Å². The fourth-order valence-corrected chi connectivity index (χ4v) is 2.41. The van der Waals surface area contributed by atoms with Crippen LogP contribution in [0.2, 0.25) is 0 Å². The van der Waals surface area contributed by atoms with Gasteiger partial charge in [0.05, 0.1) is 17.9 Å². The number of anilines is 1. The van der Waals surface area contributed by atoms with Gasteiger partial charge in [-0.3, -0.25) is 0 Å². The lowest BCUT2D eigenvalue weighted by atomic mass is 10.2. The number of hydrogen-bond donors (Lipinski definition) is 2. The predicted octanol–water partition coefficient (Wildman–Crippen LogP) is 4.09. The van der Waals surface area contributed by atoms with Crippen LogP contribution in [0.3, 0.4) is 0 Å². The normalized spacial score (nSPS) is 10.1. The number of hydrogen-bond acceptors (Lipinski definition) is 3. The maximum Gasteiger partial charge on any atom is 0.340 e. The van der Waals surface area contributed by atoms with Crippen LogP contribution in [-0.2, 0) is 11.3 Å². The number of halogens is 2. The van der Waals surface area contributed by atoms with Crippen molar-refractivity contribution in [3.63, 3.8) is 0 Å². The molecule has 0 aliphatic carbocycles. The lowest BCUT2D eigenvalue weighted by molar-refractivity contribution is 0.0527. The van der Waals surface area contributed by atoms with Gasteiger partial charge in [0.2, 0.25) is 0 Å². The molecule has 0 unspecified atom stereocenters. The highest BCUT2D eigenvalue weighted by Crippen LogP contribution is 2.17. The maximum atomic E-state index is 13.6. The van der Waals surface area contributed by atoms with Crippen LogP contribution in [0, 0.1) is 5.82 Å². The molecule has 2 rings (SSSR count). The Balaban J connectivity index is 2.02. The molecule has 0 aromatic heterocycles. The molecule has 5 nitrogen and oxygen atoms in total. The first kappa shape index (κ1) is 17.9. The second-order valence-corrected chi connectivity index (χ2v) is 5.73. The lowest BCUT2D eigenvalue weighted by Gasteiger charge is -2.11. The third kappa shape index (κ3) is 4.79. The molecule has 2 N–H and O–H groups in total. The summed E-state index contributed by atoms with van der Waals surface area (Å²) < 4.78 is 19.3. The summed E-state index contributed by atoms with van der Waals surface area (Å²) in [5.74, 6) is -0.933. The summed E-state index contributed by atoms with van der Waals surface area (Å²) in [7, 11) is 0. The summed E-state index contributed by atoms with van der Waals surface area (Å²) in [6, 6.07) is 10.4. The summed E-state index contributed by atoms with van der Waals surface area (Å²) in [4.78, 5) is 23.9. The lowest BCUT2D eigenvalue weighted by Crippen LogP contribution is -2.29. The first-order valence-electron chi connectivity index (χ1n) is 7.26. The summed E-state index contributed by atoms with van der Waals surface area (Å²) in [6.45, 7) is 1.95. The summed E-state index contributed by atoms with van der Waals surface area (Å²) in [6.07, 6.45) is 0. The summed E-state index contributed by atoms with van der Waals surface area (Å²) >= 11 is 3.25. The van der Waals surface area contributed by atoms with Crippen molar-refractivity contribution in [2.45, 2.75) is 13.5 Å². The van der Waals surface area contributed by atoms with Gasteiger partial charge in [-0.15, -0.1) is 0 Å². The second-order valence-electron chi connectivity index (χ2n) is 4.81. The Kier molecular flexibility index (Phi) is 6.31. The van der Waals surface area contributed by atoms with E-state index in [1.54, 1.807) is 43.3 Å². The molecule has 0 radical (unpaired) electrons. The van der Waals surface area contributed by atoms with Gasteiger partial charge in [0.15, 0.2) is 0 Å². The monoisotopic (exact) mass is 394 g/mol. The highest BCUT2D eigenvalue weighted by Gasteiger charge is 2.14. The molecule has 7 heteroatoms. The van der Waals surface area contributed by atoms with Gasteiger partial charge >= 0.3 is 12.0 Å². The highest BCUT2D eigenvalue weighted by atomic mass is 79.9. The number of esters is 1. The largest absolute Gasteiger partial charge is 0.462 e. The number of benzene rings is 2. The minimum atomic E-state index is -0.550. The van der Waals surface area contributed by atoms with Gasteiger partial charge < -0.3 is 15.4 Å². The molecule has 0 saturated heterocycles. The van der Waals surface area contributed by atoms with Gasteiger partial charge in [-0.05, 0) is 37.3 Å². The molecule has 2 amide bonds. The molecule has 0 saturated carbocycles. The van der Waals surface area contributed by atoms with Gasteiger partial charge in [-0.2, -0.15) is 0 Å². The van der Waals surface area contributed by atoms with E-state index in [2.05, 4.69) is 26.6 Å². The number of amides is 2. The number of carbonyl (C=O) groups is 2. The molecular weight excluding hydrogens is 379 g/mol. The van der Waals surface area contributed by atoms with Gasteiger partial charge in [-0.25, -0.2) is 14.0 Å². The van der Waals surface area contributed by atoms with Crippen molar-refractivity contribution in [3.05, 3.63) is 63.9 Å². The molecule has 0 bridgehead atoms.